The molecule has 0 aliphatic carbocycles. The van der Waals surface area contributed by atoms with E-state index in [-0.39, 0.29) is 10.7 Å². The minimum atomic E-state index is -3.56. The predicted octanol–water partition coefficient (Wildman–Crippen LogP) is 3.49. The largest absolute Gasteiger partial charge is 0.289 e. The molecule has 120 valence electrons. The Hall–Kier alpha value is -1.95. The third-order valence-electron chi connectivity index (χ3n) is 3.19. The maximum Gasteiger partial charge on any atom is 0.242 e. The van der Waals surface area contributed by atoms with Crippen molar-refractivity contribution in [3.8, 4) is 0 Å². The molecule has 2 aromatic carbocycles. The van der Waals surface area contributed by atoms with E-state index in [1.807, 2.05) is 0 Å². The van der Waals surface area contributed by atoms with E-state index in [1.165, 1.54) is 32.3 Å². The summed E-state index contributed by atoms with van der Waals surface area (Å²) in [6, 6.07) is 13.0. The van der Waals surface area contributed by atoms with Gasteiger partial charge in [0.1, 0.15) is 0 Å². The van der Waals surface area contributed by atoms with Crippen molar-refractivity contribution in [2.75, 3.05) is 14.1 Å². The molecule has 2 aromatic rings. The molecule has 0 amide bonds. The van der Waals surface area contributed by atoms with Crippen molar-refractivity contribution in [3.63, 3.8) is 0 Å². The number of rotatable bonds is 5. The van der Waals surface area contributed by atoms with Crippen LogP contribution in [0.2, 0.25) is 5.02 Å². The van der Waals surface area contributed by atoms with E-state index in [1.54, 1.807) is 42.5 Å². The number of nitrogens with zero attached hydrogens (tertiary/aromatic N) is 1. The van der Waals surface area contributed by atoms with Crippen LogP contribution in [0.1, 0.15) is 15.9 Å². The lowest BCUT2D eigenvalue weighted by atomic mass is 10.1. The molecule has 0 N–H and O–H groups in total. The van der Waals surface area contributed by atoms with Crippen molar-refractivity contribution in [2.24, 2.45) is 0 Å². The first-order chi connectivity index (χ1) is 10.8. The lowest BCUT2D eigenvalue weighted by Crippen LogP contribution is -2.22. The van der Waals surface area contributed by atoms with E-state index in [9.17, 15) is 13.2 Å². The summed E-state index contributed by atoms with van der Waals surface area (Å²) < 4.78 is 25.3. The zero-order chi connectivity index (χ0) is 17.0. The molecule has 0 atom stereocenters. The molecule has 0 saturated heterocycles. The summed E-state index contributed by atoms with van der Waals surface area (Å²) in [5.41, 5.74) is 1.15. The number of carbonyl (C=O) groups is 1. The third kappa shape index (κ3) is 4.28. The van der Waals surface area contributed by atoms with Crippen LogP contribution in [0.15, 0.2) is 59.5 Å². The topological polar surface area (TPSA) is 54.5 Å². The number of carbonyl (C=O) groups excluding carboxylic acids is 1. The molecule has 0 saturated carbocycles. The number of benzene rings is 2. The monoisotopic (exact) mass is 349 g/mol. The van der Waals surface area contributed by atoms with E-state index in [2.05, 4.69) is 0 Å². The number of hydrogen-bond donors (Lipinski definition) is 0. The van der Waals surface area contributed by atoms with Crippen LogP contribution in [0.5, 0.6) is 0 Å². The number of halogens is 1. The van der Waals surface area contributed by atoms with Gasteiger partial charge in [0.25, 0.3) is 0 Å². The van der Waals surface area contributed by atoms with Crippen molar-refractivity contribution in [1.82, 2.24) is 4.31 Å². The summed E-state index contributed by atoms with van der Waals surface area (Å²) in [6.45, 7) is 0. The summed E-state index contributed by atoms with van der Waals surface area (Å²) in [6.07, 6.45) is 3.07. The van der Waals surface area contributed by atoms with Gasteiger partial charge in [0, 0.05) is 24.7 Å². The summed E-state index contributed by atoms with van der Waals surface area (Å²) in [5, 5.41) is 0.620. The molecular weight excluding hydrogens is 334 g/mol. The van der Waals surface area contributed by atoms with Gasteiger partial charge < -0.3 is 0 Å². The molecule has 0 bridgehead atoms. The fraction of sp³-hybridized carbons (Fsp3) is 0.118. The molecule has 0 heterocycles. The Morgan fingerprint density at radius 2 is 1.74 bits per heavy atom. The average molecular weight is 350 g/mol. The smallest absolute Gasteiger partial charge is 0.242 e. The normalized spacial score (nSPS) is 12.0. The first-order valence-corrected chi connectivity index (χ1v) is 8.63. The number of allylic oxidation sites excluding steroid dienone is 1. The van der Waals surface area contributed by atoms with E-state index in [0.717, 1.165) is 9.87 Å². The zero-order valence-electron chi connectivity index (χ0n) is 12.7. The second-order valence-electron chi connectivity index (χ2n) is 5.06. The van der Waals surface area contributed by atoms with Gasteiger partial charge in [0.15, 0.2) is 5.78 Å². The maximum absolute atomic E-state index is 12.2. The molecular formula is C17H16ClNO3S. The van der Waals surface area contributed by atoms with E-state index >= 15 is 0 Å². The Balaban J connectivity index is 2.25. The lowest BCUT2D eigenvalue weighted by molar-refractivity contribution is 0.104. The van der Waals surface area contributed by atoms with Crippen LogP contribution in [-0.2, 0) is 10.0 Å². The summed E-state index contributed by atoms with van der Waals surface area (Å²) in [5.74, 6) is -0.268. The van der Waals surface area contributed by atoms with Gasteiger partial charge in [-0.3, -0.25) is 4.79 Å². The minimum absolute atomic E-state index is 0.0910. The molecule has 0 fully saturated rings. The predicted molar refractivity (Wildman–Crippen MR) is 92.1 cm³/mol. The van der Waals surface area contributed by atoms with E-state index in [0.29, 0.717) is 10.6 Å². The standard InChI is InChI=1S/C17H16ClNO3S/c1-19(2)23(21,22)16-5-3-4-14(12-16)17(20)11-8-13-6-9-15(18)10-7-13/h3-12H,1-2H3/b11-8+. The van der Waals surface area contributed by atoms with Gasteiger partial charge in [-0.2, -0.15) is 0 Å². The van der Waals surface area contributed by atoms with Gasteiger partial charge in [-0.15, -0.1) is 0 Å². The Morgan fingerprint density at radius 3 is 2.35 bits per heavy atom. The Morgan fingerprint density at radius 1 is 1.09 bits per heavy atom. The molecule has 23 heavy (non-hydrogen) atoms. The van der Waals surface area contributed by atoms with Gasteiger partial charge in [-0.1, -0.05) is 41.9 Å². The van der Waals surface area contributed by atoms with Gasteiger partial charge >= 0.3 is 0 Å². The second-order valence-corrected chi connectivity index (χ2v) is 7.65. The fourth-order valence-corrected chi connectivity index (χ4v) is 2.94. The van der Waals surface area contributed by atoms with Crippen molar-refractivity contribution in [1.29, 1.82) is 0 Å². The highest BCUT2D eigenvalue weighted by Gasteiger charge is 2.18. The Bertz CT molecular complexity index is 840. The second kappa shape index (κ2) is 7.08. The Kier molecular flexibility index (Phi) is 5.36. The molecule has 0 aliphatic heterocycles. The first kappa shape index (κ1) is 17.4. The van der Waals surface area contributed by atoms with Crippen LogP contribution in [0.3, 0.4) is 0 Å². The average Bonchev–Trinajstić information content (AvgIpc) is 2.54. The van der Waals surface area contributed by atoms with E-state index < -0.39 is 10.0 Å². The number of sulfonamides is 1. The number of hydrogen-bond acceptors (Lipinski definition) is 3. The molecule has 4 nitrogen and oxygen atoms in total. The van der Waals surface area contributed by atoms with Crippen LogP contribution >= 0.6 is 11.6 Å². The maximum atomic E-state index is 12.2. The first-order valence-electron chi connectivity index (χ1n) is 6.81. The van der Waals surface area contributed by atoms with Crippen molar-refractivity contribution < 1.29 is 13.2 Å². The van der Waals surface area contributed by atoms with Crippen LogP contribution in [0.25, 0.3) is 6.08 Å². The van der Waals surface area contributed by atoms with Crippen LogP contribution in [0.4, 0.5) is 0 Å². The van der Waals surface area contributed by atoms with Crippen molar-refractivity contribution >= 4 is 33.5 Å². The summed E-state index contributed by atoms with van der Waals surface area (Å²) >= 11 is 5.80. The third-order valence-corrected chi connectivity index (χ3v) is 5.26. The van der Waals surface area contributed by atoms with Gasteiger partial charge in [-0.05, 0) is 35.9 Å². The van der Waals surface area contributed by atoms with Gasteiger partial charge in [-0.25, -0.2) is 12.7 Å². The van der Waals surface area contributed by atoms with Gasteiger partial charge in [0.2, 0.25) is 10.0 Å². The molecule has 0 radical (unpaired) electrons. The molecule has 0 aliphatic rings. The molecule has 6 heteroatoms. The Labute approximate surface area is 141 Å². The minimum Gasteiger partial charge on any atom is -0.289 e. The lowest BCUT2D eigenvalue weighted by Gasteiger charge is -2.11. The highest BCUT2D eigenvalue weighted by atomic mass is 35.5. The van der Waals surface area contributed by atoms with Gasteiger partial charge in [0.05, 0.1) is 4.90 Å². The highest BCUT2D eigenvalue weighted by molar-refractivity contribution is 7.89. The number of ketones is 1. The van der Waals surface area contributed by atoms with Crippen molar-refractivity contribution in [2.45, 2.75) is 4.90 Å². The van der Waals surface area contributed by atoms with Crippen LogP contribution in [0, 0.1) is 0 Å². The van der Waals surface area contributed by atoms with Crippen LogP contribution in [-0.4, -0.2) is 32.6 Å². The fourth-order valence-electron chi connectivity index (χ4n) is 1.86. The molecule has 0 aromatic heterocycles. The SMILES string of the molecule is CN(C)S(=O)(=O)c1cccc(C(=O)/C=C/c2ccc(Cl)cc2)c1. The summed E-state index contributed by atoms with van der Waals surface area (Å²) in [4.78, 5) is 12.3. The highest BCUT2D eigenvalue weighted by Crippen LogP contribution is 2.16. The zero-order valence-corrected chi connectivity index (χ0v) is 14.3. The molecule has 0 spiro atoms. The van der Waals surface area contributed by atoms with Crippen LogP contribution < -0.4 is 0 Å². The quantitative estimate of drug-likeness (QED) is 0.613. The van der Waals surface area contributed by atoms with E-state index in [4.69, 9.17) is 11.6 Å². The summed E-state index contributed by atoms with van der Waals surface area (Å²) in [7, 11) is -0.665. The molecule has 0 unspecified atom stereocenters. The van der Waals surface area contributed by atoms with Crippen molar-refractivity contribution in [3.05, 3.63) is 70.8 Å². The molecule has 2 rings (SSSR count).